The summed E-state index contributed by atoms with van der Waals surface area (Å²) in [6.07, 6.45) is 1.22. The van der Waals surface area contributed by atoms with Crippen molar-refractivity contribution in [1.29, 1.82) is 0 Å². The predicted octanol–water partition coefficient (Wildman–Crippen LogP) is 3.26. The van der Waals surface area contributed by atoms with Crippen LogP contribution >= 0.6 is 0 Å². The molecule has 0 aliphatic heterocycles. The minimum absolute atomic E-state index is 0.358. The van der Waals surface area contributed by atoms with Gasteiger partial charge in [0.15, 0.2) is 0 Å². The van der Waals surface area contributed by atoms with E-state index in [-0.39, 0.29) is 0 Å². The summed E-state index contributed by atoms with van der Waals surface area (Å²) in [5.41, 5.74) is 1.19. The number of aromatic hydroxyl groups is 1. The predicted molar refractivity (Wildman–Crippen MR) is 68.5 cm³/mol. The number of hydrogen-bond acceptors (Lipinski definition) is 2. The van der Waals surface area contributed by atoms with Crippen LogP contribution in [0.5, 0.6) is 5.75 Å². The van der Waals surface area contributed by atoms with Crippen LogP contribution in [0, 0.1) is 5.92 Å². The van der Waals surface area contributed by atoms with Crippen LogP contribution in [0.1, 0.15) is 32.8 Å². The highest BCUT2D eigenvalue weighted by atomic mass is 16.3. The molecule has 1 aromatic rings. The van der Waals surface area contributed by atoms with Crippen molar-refractivity contribution in [2.75, 3.05) is 13.1 Å². The quantitative estimate of drug-likeness (QED) is 0.797. The fourth-order valence-corrected chi connectivity index (χ4v) is 1.79. The van der Waals surface area contributed by atoms with E-state index in [1.54, 1.807) is 6.07 Å². The van der Waals surface area contributed by atoms with Crippen LogP contribution in [-0.4, -0.2) is 23.1 Å². The van der Waals surface area contributed by atoms with Crippen LogP contribution in [0.25, 0.3) is 0 Å². The first-order valence-electron chi connectivity index (χ1n) is 6.16. The lowest BCUT2D eigenvalue weighted by Gasteiger charge is -2.23. The maximum Gasteiger partial charge on any atom is 0.115 e. The SMILES string of the molecule is CCC(C)CN(CC)Cc1cccc(O)c1. The largest absolute Gasteiger partial charge is 0.508 e. The second kappa shape index (κ2) is 6.54. The summed E-state index contributed by atoms with van der Waals surface area (Å²) in [7, 11) is 0. The Morgan fingerprint density at radius 1 is 1.31 bits per heavy atom. The molecule has 0 bridgehead atoms. The van der Waals surface area contributed by atoms with Gasteiger partial charge in [-0.25, -0.2) is 0 Å². The number of hydrogen-bond donors (Lipinski definition) is 1. The van der Waals surface area contributed by atoms with Crippen molar-refractivity contribution in [2.45, 2.75) is 33.7 Å². The lowest BCUT2D eigenvalue weighted by molar-refractivity contribution is 0.238. The molecule has 90 valence electrons. The maximum atomic E-state index is 9.41. The molecule has 0 aliphatic rings. The minimum atomic E-state index is 0.358. The second-order valence-corrected chi connectivity index (χ2v) is 4.51. The standard InChI is InChI=1S/C14H23NO/c1-4-12(3)10-15(5-2)11-13-7-6-8-14(16)9-13/h6-9,12,16H,4-5,10-11H2,1-3H3. The second-order valence-electron chi connectivity index (χ2n) is 4.51. The minimum Gasteiger partial charge on any atom is -0.508 e. The van der Waals surface area contributed by atoms with E-state index < -0.39 is 0 Å². The fourth-order valence-electron chi connectivity index (χ4n) is 1.79. The van der Waals surface area contributed by atoms with Crippen molar-refractivity contribution < 1.29 is 5.11 Å². The Hall–Kier alpha value is -1.02. The van der Waals surface area contributed by atoms with Gasteiger partial charge in [0, 0.05) is 13.1 Å². The van der Waals surface area contributed by atoms with Gasteiger partial charge in [-0.15, -0.1) is 0 Å². The van der Waals surface area contributed by atoms with E-state index >= 15 is 0 Å². The van der Waals surface area contributed by atoms with E-state index in [9.17, 15) is 5.11 Å². The molecule has 1 rings (SSSR count). The van der Waals surface area contributed by atoms with Gasteiger partial charge >= 0.3 is 0 Å². The first-order chi connectivity index (χ1) is 7.65. The molecule has 0 radical (unpaired) electrons. The first-order valence-corrected chi connectivity index (χ1v) is 6.16. The Morgan fingerprint density at radius 2 is 2.06 bits per heavy atom. The first kappa shape index (κ1) is 13.0. The van der Waals surface area contributed by atoms with Gasteiger partial charge in [0.05, 0.1) is 0 Å². The van der Waals surface area contributed by atoms with E-state index in [2.05, 4.69) is 31.7 Å². The van der Waals surface area contributed by atoms with Crippen molar-refractivity contribution in [3.8, 4) is 5.75 Å². The zero-order chi connectivity index (χ0) is 12.0. The van der Waals surface area contributed by atoms with Gasteiger partial charge in [-0.3, -0.25) is 4.90 Å². The third-order valence-electron chi connectivity index (χ3n) is 3.03. The van der Waals surface area contributed by atoms with Crippen molar-refractivity contribution in [1.82, 2.24) is 4.90 Å². The molecule has 0 amide bonds. The Labute approximate surface area is 98.9 Å². The van der Waals surface area contributed by atoms with Crippen LogP contribution in [0.2, 0.25) is 0 Å². The average molecular weight is 221 g/mol. The van der Waals surface area contributed by atoms with Gasteiger partial charge in [0.1, 0.15) is 5.75 Å². The molecule has 1 atom stereocenters. The summed E-state index contributed by atoms with van der Waals surface area (Å²) >= 11 is 0. The zero-order valence-electron chi connectivity index (χ0n) is 10.6. The summed E-state index contributed by atoms with van der Waals surface area (Å²) in [5.74, 6) is 1.09. The number of benzene rings is 1. The van der Waals surface area contributed by atoms with Crippen molar-refractivity contribution >= 4 is 0 Å². The summed E-state index contributed by atoms with van der Waals surface area (Å²) in [6.45, 7) is 9.81. The average Bonchev–Trinajstić information content (AvgIpc) is 2.28. The van der Waals surface area contributed by atoms with Gasteiger partial charge in [0.2, 0.25) is 0 Å². The third kappa shape index (κ3) is 4.23. The van der Waals surface area contributed by atoms with Gasteiger partial charge in [0.25, 0.3) is 0 Å². The lowest BCUT2D eigenvalue weighted by atomic mass is 10.1. The Kier molecular flexibility index (Phi) is 5.33. The van der Waals surface area contributed by atoms with Gasteiger partial charge < -0.3 is 5.11 Å². The van der Waals surface area contributed by atoms with E-state index in [1.807, 2.05) is 12.1 Å². The highest BCUT2D eigenvalue weighted by molar-refractivity contribution is 5.26. The number of nitrogens with zero attached hydrogens (tertiary/aromatic N) is 1. The van der Waals surface area contributed by atoms with Crippen LogP contribution in [0.15, 0.2) is 24.3 Å². The molecule has 0 fully saturated rings. The van der Waals surface area contributed by atoms with Gasteiger partial charge in [-0.05, 0) is 30.2 Å². The molecule has 0 aliphatic carbocycles. The van der Waals surface area contributed by atoms with Crippen molar-refractivity contribution in [2.24, 2.45) is 5.92 Å². The molecule has 1 N–H and O–H groups in total. The number of rotatable bonds is 6. The molecule has 0 saturated heterocycles. The molecule has 2 heteroatoms. The normalized spacial score (nSPS) is 13.0. The Morgan fingerprint density at radius 3 is 2.62 bits per heavy atom. The Bertz CT molecular complexity index is 311. The summed E-state index contributed by atoms with van der Waals surface area (Å²) in [5, 5.41) is 9.41. The van der Waals surface area contributed by atoms with Crippen molar-refractivity contribution in [3.05, 3.63) is 29.8 Å². The molecule has 0 saturated carbocycles. The van der Waals surface area contributed by atoms with Crippen LogP contribution in [0.4, 0.5) is 0 Å². The molecular formula is C14H23NO. The Balaban J connectivity index is 2.56. The lowest BCUT2D eigenvalue weighted by Crippen LogP contribution is -2.27. The summed E-state index contributed by atoms with van der Waals surface area (Å²) < 4.78 is 0. The van der Waals surface area contributed by atoms with Crippen LogP contribution in [-0.2, 0) is 6.54 Å². The number of phenols is 1. The fraction of sp³-hybridized carbons (Fsp3) is 0.571. The van der Waals surface area contributed by atoms with Crippen LogP contribution < -0.4 is 0 Å². The summed E-state index contributed by atoms with van der Waals surface area (Å²) in [6, 6.07) is 7.54. The molecule has 0 aromatic heterocycles. The monoisotopic (exact) mass is 221 g/mol. The summed E-state index contributed by atoms with van der Waals surface area (Å²) in [4.78, 5) is 2.42. The van der Waals surface area contributed by atoms with E-state index in [1.165, 1.54) is 12.0 Å². The van der Waals surface area contributed by atoms with Gasteiger partial charge in [-0.2, -0.15) is 0 Å². The van der Waals surface area contributed by atoms with E-state index in [0.717, 1.165) is 25.6 Å². The molecule has 0 heterocycles. The highest BCUT2D eigenvalue weighted by Gasteiger charge is 2.07. The zero-order valence-corrected chi connectivity index (χ0v) is 10.6. The maximum absolute atomic E-state index is 9.41. The molecule has 16 heavy (non-hydrogen) atoms. The third-order valence-corrected chi connectivity index (χ3v) is 3.03. The molecule has 1 aromatic carbocycles. The van der Waals surface area contributed by atoms with E-state index in [0.29, 0.717) is 5.75 Å². The topological polar surface area (TPSA) is 23.5 Å². The smallest absolute Gasteiger partial charge is 0.115 e. The molecular weight excluding hydrogens is 198 g/mol. The van der Waals surface area contributed by atoms with Gasteiger partial charge in [-0.1, -0.05) is 39.3 Å². The molecule has 2 nitrogen and oxygen atoms in total. The highest BCUT2D eigenvalue weighted by Crippen LogP contribution is 2.14. The number of phenolic OH excluding ortho intramolecular Hbond substituents is 1. The molecule has 1 unspecified atom stereocenters. The molecule has 0 spiro atoms. The van der Waals surface area contributed by atoms with Crippen LogP contribution in [0.3, 0.4) is 0 Å². The van der Waals surface area contributed by atoms with E-state index in [4.69, 9.17) is 0 Å². The van der Waals surface area contributed by atoms with Crippen molar-refractivity contribution in [3.63, 3.8) is 0 Å².